The lowest BCUT2D eigenvalue weighted by Crippen LogP contribution is -3.00. The SMILES string of the molecule is CCCCCCCCCCCC(=O)C[N+](C)(C)c1ccccc1.[Cl-]. The maximum atomic E-state index is 12.2. The third-order valence-electron chi connectivity index (χ3n) is 4.59. The molecule has 0 bridgehead atoms. The van der Waals surface area contributed by atoms with Gasteiger partial charge in [-0.1, -0.05) is 76.5 Å². The summed E-state index contributed by atoms with van der Waals surface area (Å²) in [6, 6.07) is 10.3. The van der Waals surface area contributed by atoms with E-state index in [0.29, 0.717) is 16.8 Å². The number of nitrogens with zero attached hydrogens (tertiary/aromatic N) is 1. The second-order valence-electron chi connectivity index (χ2n) is 7.30. The number of rotatable bonds is 13. The van der Waals surface area contributed by atoms with Crippen LogP contribution < -0.4 is 16.9 Å². The number of ketones is 1. The maximum absolute atomic E-state index is 12.2. The number of hydrogen-bond acceptors (Lipinski definition) is 1. The van der Waals surface area contributed by atoms with Crippen molar-refractivity contribution in [2.45, 2.75) is 71.1 Å². The average Bonchev–Trinajstić information content (AvgIpc) is 2.54. The summed E-state index contributed by atoms with van der Waals surface area (Å²) in [4.78, 5) is 12.2. The smallest absolute Gasteiger partial charge is 0.187 e. The Labute approximate surface area is 155 Å². The Morgan fingerprint density at radius 1 is 0.833 bits per heavy atom. The molecule has 0 saturated carbocycles. The first-order chi connectivity index (χ1) is 11.1. The summed E-state index contributed by atoms with van der Waals surface area (Å²) in [7, 11) is 4.23. The molecule has 0 fully saturated rings. The molecule has 0 unspecified atom stereocenters. The lowest BCUT2D eigenvalue weighted by Gasteiger charge is -2.28. The van der Waals surface area contributed by atoms with Crippen LogP contribution in [0.3, 0.4) is 0 Å². The van der Waals surface area contributed by atoms with E-state index in [0.717, 1.165) is 12.8 Å². The quantitative estimate of drug-likeness (QED) is 0.393. The molecule has 0 aliphatic rings. The van der Waals surface area contributed by atoms with Crippen molar-refractivity contribution >= 4 is 11.5 Å². The molecule has 138 valence electrons. The van der Waals surface area contributed by atoms with E-state index in [9.17, 15) is 4.79 Å². The molecule has 0 aliphatic carbocycles. The van der Waals surface area contributed by atoms with Gasteiger partial charge in [0.25, 0.3) is 0 Å². The van der Waals surface area contributed by atoms with Crippen molar-refractivity contribution in [2.75, 3.05) is 20.6 Å². The van der Waals surface area contributed by atoms with Crippen molar-refractivity contribution in [2.24, 2.45) is 0 Å². The van der Waals surface area contributed by atoms with E-state index in [-0.39, 0.29) is 12.4 Å². The van der Waals surface area contributed by atoms with Crippen LogP contribution in [0.2, 0.25) is 0 Å². The first-order valence-electron chi connectivity index (χ1n) is 9.46. The highest BCUT2D eigenvalue weighted by atomic mass is 35.5. The van der Waals surface area contributed by atoms with Crippen LogP contribution >= 0.6 is 0 Å². The molecule has 1 rings (SSSR count). The Morgan fingerprint density at radius 3 is 1.88 bits per heavy atom. The van der Waals surface area contributed by atoms with Crippen molar-refractivity contribution in [1.82, 2.24) is 4.48 Å². The van der Waals surface area contributed by atoms with Crippen LogP contribution in [0.25, 0.3) is 0 Å². The first-order valence-corrected chi connectivity index (χ1v) is 9.46. The molecule has 0 saturated heterocycles. The standard InChI is InChI=1S/C21H36NO.ClH/c1-4-5-6-7-8-9-10-11-15-18-21(23)19-22(2,3)20-16-13-12-14-17-20;/h12-14,16-17H,4-11,15,18-19H2,1-3H3;1H/q+1;/p-1. The van der Waals surface area contributed by atoms with E-state index in [1.165, 1.54) is 57.1 Å². The summed E-state index contributed by atoms with van der Waals surface area (Å²) in [5.41, 5.74) is 1.20. The second-order valence-corrected chi connectivity index (χ2v) is 7.30. The van der Waals surface area contributed by atoms with E-state index >= 15 is 0 Å². The second kappa shape index (κ2) is 13.4. The Kier molecular flexibility index (Phi) is 13.0. The zero-order chi connectivity index (χ0) is 17.0. The molecule has 1 aromatic carbocycles. The molecular formula is C21H36ClNO. The maximum Gasteiger partial charge on any atom is 0.187 e. The van der Waals surface area contributed by atoms with Crippen LogP contribution in [-0.4, -0.2) is 26.4 Å². The van der Waals surface area contributed by atoms with E-state index in [2.05, 4.69) is 33.2 Å². The number of carbonyl (C=O) groups is 1. The predicted molar refractivity (Wildman–Crippen MR) is 102 cm³/mol. The molecule has 0 amide bonds. The number of likely N-dealkylation sites (N-methyl/N-ethyl adjacent to an activating group) is 1. The number of halogens is 1. The molecule has 24 heavy (non-hydrogen) atoms. The number of para-hydroxylation sites is 1. The first kappa shape index (κ1) is 23.1. The summed E-state index contributed by atoms with van der Waals surface area (Å²) < 4.78 is 0.650. The van der Waals surface area contributed by atoms with Gasteiger partial charge in [0.05, 0.1) is 14.1 Å². The number of carbonyl (C=O) groups excluding carboxylic acids is 1. The summed E-state index contributed by atoms with van der Waals surface area (Å²) >= 11 is 0. The van der Waals surface area contributed by atoms with Gasteiger partial charge in [0.15, 0.2) is 5.78 Å². The van der Waals surface area contributed by atoms with Crippen molar-refractivity contribution < 1.29 is 17.2 Å². The summed E-state index contributed by atoms with van der Waals surface area (Å²) in [5, 5.41) is 0. The van der Waals surface area contributed by atoms with Gasteiger partial charge >= 0.3 is 0 Å². The van der Waals surface area contributed by atoms with Crippen LogP contribution in [0.4, 0.5) is 5.69 Å². The summed E-state index contributed by atoms with van der Waals surface area (Å²) in [6.45, 7) is 2.86. The van der Waals surface area contributed by atoms with Crippen LogP contribution in [0.1, 0.15) is 71.1 Å². The Hall–Kier alpha value is -0.860. The van der Waals surface area contributed by atoms with Crippen molar-refractivity contribution in [3.8, 4) is 0 Å². The molecule has 1 aromatic rings. The average molecular weight is 354 g/mol. The van der Waals surface area contributed by atoms with Gasteiger partial charge in [-0.2, -0.15) is 0 Å². The van der Waals surface area contributed by atoms with E-state index in [1.807, 2.05) is 18.2 Å². The van der Waals surface area contributed by atoms with E-state index in [4.69, 9.17) is 0 Å². The number of Topliss-reactive ketones (excluding diaryl/α,β-unsaturated/α-hetero) is 1. The third-order valence-corrected chi connectivity index (χ3v) is 4.59. The number of unbranched alkanes of at least 4 members (excludes halogenated alkanes) is 8. The molecule has 2 nitrogen and oxygen atoms in total. The third kappa shape index (κ3) is 10.1. The van der Waals surface area contributed by atoms with Gasteiger partial charge in [0.2, 0.25) is 0 Å². The minimum atomic E-state index is 0. The Balaban J connectivity index is 0.00000529. The van der Waals surface area contributed by atoms with Crippen LogP contribution in [0.5, 0.6) is 0 Å². The number of benzene rings is 1. The summed E-state index contributed by atoms with van der Waals surface area (Å²) in [6.07, 6.45) is 12.5. The lowest BCUT2D eigenvalue weighted by atomic mass is 10.1. The van der Waals surface area contributed by atoms with Crippen LogP contribution in [0, 0.1) is 0 Å². The molecule has 0 heterocycles. The largest absolute Gasteiger partial charge is 1.00 e. The van der Waals surface area contributed by atoms with Gasteiger partial charge in [-0.25, -0.2) is 0 Å². The van der Waals surface area contributed by atoms with Crippen LogP contribution in [0.15, 0.2) is 30.3 Å². The van der Waals surface area contributed by atoms with Gasteiger partial charge in [0, 0.05) is 6.42 Å². The van der Waals surface area contributed by atoms with Crippen molar-refractivity contribution in [3.63, 3.8) is 0 Å². The molecule has 0 aliphatic heterocycles. The Bertz CT molecular complexity index is 431. The predicted octanol–water partition coefficient (Wildman–Crippen LogP) is 2.75. The van der Waals surface area contributed by atoms with Crippen molar-refractivity contribution in [3.05, 3.63) is 30.3 Å². The van der Waals surface area contributed by atoms with Gasteiger partial charge in [0.1, 0.15) is 12.2 Å². The molecule has 0 N–H and O–H groups in total. The Morgan fingerprint density at radius 2 is 1.33 bits per heavy atom. The molecular weight excluding hydrogens is 318 g/mol. The lowest BCUT2D eigenvalue weighted by molar-refractivity contribution is -0.119. The highest BCUT2D eigenvalue weighted by Crippen LogP contribution is 2.18. The fourth-order valence-corrected chi connectivity index (χ4v) is 3.08. The minimum absolute atomic E-state index is 0. The van der Waals surface area contributed by atoms with E-state index < -0.39 is 0 Å². The summed E-state index contributed by atoms with van der Waals surface area (Å²) in [5.74, 6) is 0.391. The van der Waals surface area contributed by atoms with E-state index in [1.54, 1.807) is 0 Å². The zero-order valence-corrected chi connectivity index (χ0v) is 16.7. The van der Waals surface area contributed by atoms with Gasteiger partial charge < -0.3 is 12.4 Å². The van der Waals surface area contributed by atoms with Gasteiger partial charge in [-0.3, -0.25) is 9.28 Å². The number of quaternary nitrogens is 1. The topological polar surface area (TPSA) is 17.1 Å². The molecule has 0 aromatic heterocycles. The van der Waals surface area contributed by atoms with Crippen molar-refractivity contribution in [1.29, 1.82) is 0 Å². The molecule has 0 radical (unpaired) electrons. The van der Waals surface area contributed by atoms with Crippen LogP contribution in [-0.2, 0) is 4.79 Å². The van der Waals surface area contributed by atoms with Gasteiger partial charge in [-0.05, 0) is 18.6 Å². The number of hydrogen-bond donors (Lipinski definition) is 0. The fraction of sp³-hybridized carbons (Fsp3) is 0.667. The normalized spacial score (nSPS) is 11.1. The monoisotopic (exact) mass is 353 g/mol. The highest BCUT2D eigenvalue weighted by Gasteiger charge is 2.22. The molecule has 0 atom stereocenters. The van der Waals surface area contributed by atoms with Gasteiger partial charge in [-0.15, -0.1) is 0 Å². The minimum Gasteiger partial charge on any atom is -1.00 e. The molecule has 3 heteroatoms. The molecule has 0 spiro atoms. The zero-order valence-electron chi connectivity index (χ0n) is 15.9. The highest BCUT2D eigenvalue weighted by molar-refractivity contribution is 5.82. The fourth-order valence-electron chi connectivity index (χ4n) is 3.08.